The van der Waals surface area contributed by atoms with Gasteiger partial charge in [0.05, 0.1) is 0 Å². The molecule has 0 saturated carbocycles. The minimum absolute atomic E-state index is 0.470. The molecule has 0 spiro atoms. The molecule has 0 aromatic heterocycles. The van der Waals surface area contributed by atoms with Gasteiger partial charge in [0.25, 0.3) is 0 Å². The van der Waals surface area contributed by atoms with Crippen molar-refractivity contribution in [1.29, 1.82) is 0 Å². The van der Waals surface area contributed by atoms with E-state index >= 15 is 0 Å². The molecule has 3 heterocycles. The number of fused-ring (bicyclic) bond motifs is 4. The molecule has 5 rings (SSSR count). The molecule has 7 nitrogen and oxygen atoms in total. The number of ether oxygens (including phenoxy) is 6. The third kappa shape index (κ3) is 3.33. The van der Waals surface area contributed by atoms with E-state index in [0.717, 1.165) is 10.8 Å². The molecular weight excluding hydrogens is 376 g/mol. The standard InChI is InChI=1S/C22H24O7/c1-21(2)26-15-16(27-21)18-20(29-22(3,4)28-18)25-17(15)19(23)24-14-11-7-9-12-8-5-6-10-13(12)14/h5-11,15-18,20H,1-4H3/t15-,16+,17+,18-,20-/m1/s1. The van der Waals surface area contributed by atoms with E-state index < -0.39 is 48.2 Å². The molecule has 154 valence electrons. The number of carbonyl (C=O) groups is 1. The summed E-state index contributed by atoms with van der Waals surface area (Å²) in [5.41, 5.74) is 0. The van der Waals surface area contributed by atoms with Gasteiger partial charge in [0, 0.05) is 5.39 Å². The SMILES string of the molecule is CC1(C)O[C@H]2[C@@H](O1)[C@@H](C(=O)Oc1cccc3ccccc13)O[C@@H]1OC(C)(C)O[C@@H]12. The normalized spacial score (nSPS) is 34.6. The van der Waals surface area contributed by atoms with E-state index in [1.807, 2.05) is 36.4 Å². The quantitative estimate of drug-likeness (QED) is 0.566. The number of hydrogen-bond acceptors (Lipinski definition) is 7. The second kappa shape index (κ2) is 6.48. The average Bonchev–Trinajstić information content (AvgIpc) is 3.15. The first-order chi connectivity index (χ1) is 13.7. The van der Waals surface area contributed by atoms with Crippen LogP contribution in [0.25, 0.3) is 10.8 Å². The maximum Gasteiger partial charge on any atom is 0.343 e. The van der Waals surface area contributed by atoms with Crippen LogP contribution in [0.15, 0.2) is 42.5 Å². The maximum absolute atomic E-state index is 13.1. The van der Waals surface area contributed by atoms with Gasteiger partial charge in [0.15, 0.2) is 24.0 Å². The van der Waals surface area contributed by atoms with Crippen molar-refractivity contribution in [2.45, 2.75) is 70.0 Å². The zero-order valence-corrected chi connectivity index (χ0v) is 16.8. The Bertz CT molecular complexity index is 948. The smallest absolute Gasteiger partial charge is 0.343 e. The molecule has 0 radical (unpaired) electrons. The minimum Gasteiger partial charge on any atom is -0.424 e. The molecule has 3 aliphatic rings. The van der Waals surface area contributed by atoms with Gasteiger partial charge in [-0.25, -0.2) is 4.79 Å². The van der Waals surface area contributed by atoms with Crippen LogP contribution in [0.2, 0.25) is 0 Å². The summed E-state index contributed by atoms with van der Waals surface area (Å²) in [7, 11) is 0. The molecule has 0 N–H and O–H groups in total. The van der Waals surface area contributed by atoms with Crippen molar-refractivity contribution >= 4 is 16.7 Å². The number of rotatable bonds is 2. The fourth-order valence-electron chi connectivity index (χ4n) is 4.25. The Balaban J connectivity index is 1.44. The van der Waals surface area contributed by atoms with Crippen LogP contribution >= 0.6 is 0 Å². The molecule has 29 heavy (non-hydrogen) atoms. The lowest BCUT2D eigenvalue weighted by Gasteiger charge is -2.35. The van der Waals surface area contributed by atoms with Crippen molar-refractivity contribution in [3.8, 4) is 5.75 Å². The molecule has 3 aliphatic heterocycles. The average molecular weight is 400 g/mol. The summed E-state index contributed by atoms with van der Waals surface area (Å²) in [5, 5.41) is 1.83. The fraction of sp³-hybridized carbons (Fsp3) is 0.500. The maximum atomic E-state index is 13.1. The van der Waals surface area contributed by atoms with Gasteiger partial charge in [-0.2, -0.15) is 0 Å². The van der Waals surface area contributed by atoms with Crippen LogP contribution in [-0.2, 0) is 28.5 Å². The molecule has 5 atom stereocenters. The zero-order chi connectivity index (χ0) is 20.4. The highest BCUT2D eigenvalue weighted by atomic mass is 16.9. The first kappa shape index (κ1) is 19.0. The van der Waals surface area contributed by atoms with Crippen molar-refractivity contribution in [2.75, 3.05) is 0 Å². The van der Waals surface area contributed by atoms with Gasteiger partial charge in [-0.15, -0.1) is 0 Å². The largest absolute Gasteiger partial charge is 0.424 e. The van der Waals surface area contributed by atoms with E-state index in [9.17, 15) is 4.79 Å². The van der Waals surface area contributed by atoms with Gasteiger partial charge >= 0.3 is 5.97 Å². The number of carbonyl (C=O) groups excluding carboxylic acids is 1. The lowest BCUT2D eigenvalue weighted by molar-refractivity contribution is -0.236. The fourth-order valence-corrected chi connectivity index (χ4v) is 4.25. The summed E-state index contributed by atoms with van der Waals surface area (Å²) in [6.45, 7) is 7.20. The highest BCUT2D eigenvalue weighted by molar-refractivity contribution is 5.91. The van der Waals surface area contributed by atoms with Gasteiger partial charge in [0.1, 0.15) is 24.1 Å². The van der Waals surface area contributed by atoms with Crippen LogP contribution in [-0.4, -0.2) is 48.2 Å². The lowest BCUT2D eigenvalue weighted by Crippen LogP contribution is -2.58. The molecular formula is C22H24O7. The van der Waals surface area contributed by atoms with Crippen LogP contribution in [0.5, 0.6) is 5.75 Å². The molecule has 0 aliphatic carbocycles. The van der Waals surface area contributed by atoms with Gasteiger partial charge in [-0.05, 0) is 39.1 Å². The Morgan fingerprint density at radius 3 is 2.31 bits per heavy atom. The van der Waals surface area contributed by atoms with Crippen LogP contribution in [0.4, 0.5) is 0 Å². The zero-order valence-electron chi connectivity index (χ0n) is 16.8. The van der Waals surface area contributed by atoms with Gasteiger partial charge in [-0.3, -0.25) is 0 Å². The topological polar surface area (TPSA) is 72.5 Å². The Kier molecular flexibility index (Phi) is 4.24. The lowest BCUT2D eigenvalue weighted by atomic mass is 9.99. The Hall–Kier alpha value is -2.03. The Labute approximate surface area is 168 Å². The predicted molar refractivity (Wildman–Crippen MR) is 102 cm³/mol. The molecule has 3 saturated heterocycles. The number of benzene rings is 2. The van der Waals surface area contributed by atoms with E-state index in [0.29, 0.717) is 5.75 Å². The van der Waals surface area contributed by atoms with Gasteiger partial charge in [-0.1, -0.05) is 36.4 Å². The van der Waals surface area contributed by atoms with Crippen LogP contribution in [0, 0.1) is 0 Å². The second-order valence-corrected chi connectivity index (χ2v) is 8.49. The molecule has 0 amide bonds. The third-order valence-corrected chi connectivity index (χ3v) is 5.35. The van der Waals surface area contributed by atoms with E-state index in [1.54, 1.807) is 33.8 Å². The molecule has 0 bridgehead atoms. The summed E-state index contributed by atoms with van der Waals surface area (Å²) in [6.07, 6.45) is -3.39. The van der Waals surface area contributed by atoms with E-state index in [-0.39, 0.29) is 0 Å². The van der Waals surface area contributed by atoms with Crippen molar-refractivity contribution < 1.29 is 33.2 Å². The molecule has 2 aromatic rings. The summed E-state index contributed by atoms with van der Waals surface area (Å²) in [5.74, 6) is -1.80. The summed E-state index contributed by atoms with van der Waals surface area (Å²) < 4.78 is 35.6. The molecule has 3 fully saturated rings. The van der Waals surface area contributed by atoms with Crippen molar-refractivity contribution in [2.24, 2.45) is 0 Å². The Morgan fingerprint density at radius 2 is 1.48 bits per heavy atom. The molecule has 2 aromatic carbocycles. The highest BCUT2D eigenvalue weighted by Gasteiger charge is 2.62. The minimum atomic E-state index is -1.00. The number of hydrogen-bond donors (Lipinski definition) is 0. The number of esters is 1. The van der Waals surface area contributed by atoms with Gasteiger partial charge < -0.3 is 28.4 Å². The van der Waals surface area contributed by atoms with Gasteiger partial charge in [0.2, 0.25) is 0 Å². The first-order valence-electron chi connectivity index (χ1n) is 9.79. The monoisotopic (exact) mass is 400 g/mol. The van der Waals surface area contributed by atoms with Crippen LogP contribution in [0.3, 0.4) is 0 Å². The van der Waals surface area contributed by atoms with E-state index in [4.69, 9.17) is 28.4 Å². The molecule has 0 unspecified atom stereocenters. The second-order valence-electron chi connectivity index (χ2n) is 8.49. The predicted octanol–water partition coefficient (Wildman–Crippen LogP) is 3.14. The Morgan fingerprint density at radius 1 is 0.828 bits per heavy atom. The van der Waals surface area contributed by atoms with Crippen molar-refractivity contribution in [1.82, 2.24) is 0 Å². The van der Waals surface area contributed by atoms with E-state index in [2.05, 4.69) is 0 Å². The summed E-state index contributed by atoms with van der Waals surface area (Å²) in [4.78, 5) is 13.1. The van der Waals surface area contributed by atoms with Crippen molar-refractivity contribution in [3.05, 3.63) is 42.5 Å². The summed E-state index contributed by atoms with van der Waals surface area (Å²) in [6, 6.07) is 13.3. The third-order valence-electron chi connectivity index (χ3n) is 5.35. The van der Waals surface area contributed by atoms with Crippen molar-refractivity contribution in [3.63, 3.8) is 0 Å². The first-order valence-corrected chi connectivity index (χ1v) is 9.79. The van der Waals surface area contributed by atoms with Crippen LogP contribution < -0.4 is 4.74 Å². The molecule has 7 heteroatoms. The van der Waals surface area contributed by atoms with Crippen LogP contribution in [0.1, 0.15) is 27.7 Å². The summed E-state index contributed by atoms with van der Waals surface area (Å²) >= 11 is 0. The highest BCUT2D eigenvalue weighted by Crippen LogP contribution is 2.44. The van der Waals surface area contributed by atoms with E-state index in [1.165, 1.54) is 0 Å².